The highest BCUT2D eigenvalue weighted by atomic mass is 16.6. The van der Waals surface area contributed by atoms with Crippen molar-refractivity contribution in [2.75, 3.05) is 0 Å². The van der Waals surface area contributed by atoms with Gasteiger partial charge in [0, 0.05) is 6.54 Å². The molecule has 0 saturated heterocycles. The lowest BCUT2D eigenvalue weighted by molar-refractivity contribution is 0.0164. The van der Waals surface area contributed by atoms with Gasteiger partial charge in [0.2, 0.25) is 0 Å². The Labute approximate surface area is 114 Å². The lowest BCUT2D eigenvalue weighted by Crippen LogP contribution is -2.45. The van der Waals surface area contributed by atoms with E-state index in [0.717, 1.165) is 6.42 Å². The zero-order valence-electron chi connectivity index (χ0n) is 11.8. The fourth-order valence-electron chi connectivity index (χ4n) is 2.28. The minimum Gasteiger partial charge on any atom is -0.444 e. The summed E-state index contributed by atoms with van der Waals surface area (Å²) >= 11 is 0. The standard InChI is InChI=1S/C16H21NO2/c1-5-14-10-12-8-6-7-9-13(12)11-17(14)15(18)19-16(2,3)4/h5-9,14H,1,10-11H2,2-4H3. The van der Waals surface area contributed by atoms with Crippen molar-refractivity contribution in [2.24, 2.45) is 0 Å². The Balaban J connectivity index is 2.21. The van der Waals surface area contributed by atoms with Crippen LogP contribution >= 0.6 is 0 Å². The molecular formula is C16H21NO2. The summed E-state index contributed by atoms with van der Waals surface area (Å²) in [6.07, 6.45) is 2.35. The molecule has 0 aromatic heterocycles. The second-order valence-corrected chi connectivity index (χ2v) is 5.88. The first-order chi connectivity index (χ1) is 8.90. The highest BCUT2D eigenvalue weighted by Gasteiger charge is 2.30. The van der Waals surface area contributed by atoms with Crippen molar-refractivity contribution >= 4 is 6.09 Å². The van der Waals surface area contributed by atoms with Crippen LogP contribution in [0.3, 0.4) is 0 Å². The van der Waals surface area contributed by atoms with Gasteiger partial charge in [0.1, 0.15) is 5.60 Å². The predicted octanol–water partition coefficient (Wildman–Crippen LogP) is 3.53. The highest BCUT2D eigenvalue weighted by Crippen LogP contribution is 2.25. The SMILES string of the molecule is C=CC1Cc2ccccc2CN1C(=O)OC(C)(C)C. The van der Waals surface area contributed by atoms with Gasteiger partial charge in [-0.15, -0.1) is 6.58 Å². The quantitative estimate of drug-likeness (QED) is 0.722. The van der Waals surface area contributed by atoms with E-state index in [1.165, 1.54) is 11.1 Å². The Morgan fingerprint density at radius 2 is 2.00 bits per heavy atom. The Morgan fingerprint density at radius 3 is 2.58 bits per heavy atom. The second-order valence-electron chi connectivity index (χ2n) is 5.88. The fraction of sp³-hybridized carbons (Fsp3) is 0.438. The van der Waals surface area contributed by atoms with Gasteiger partial charge in [-0.1, -0.05) is 30.3 Å². The number of rotatable bonds is 1. The zero-order chi connectivity index (χ0) is 14.0. The molecule has 1 amide bonds. The van der Waals surface area contributed by atoms with Gasteiger partial charge in [-0.3, -0.25) is 4.90 Å². The van der Waals surface area contributed by atoms with Gasteiger partial charge in [-0.25, -0.2) is 4.79 Å². The van der Waals surface area contributed by atoms with Gasteiger partial charge in [0.15, 0.2) is 0 Å². The van der Waals surface area contributed by atoms with E-state index in [9.17, 15) is 4.79 Å². The Bertz CT molecular complexity index is 488. The van der Waals surface area contributed by atoms with Crippen LogP contribution in [-0.2, 0) is 17.7 Å². The van der Waals surface area contributed by atoms with E-state index in [-0.39, 0.29) is 12.1 Å². The number of carbonyl (C=O) groups is 1. The number of nitrogens with zero attached hydrogens (tertiary/aromatic N) is 1. The molecule has 1 aromatic carbocycles. The Morgan fingerprint density at radius 1 is 1.37 bits per heavy atom. The van der Waals surface area contributed by atoms with E-state index in [1.54, 1.807) is 4.90 Å². The summed E-state index contributed by atoms with van der Waals surface area (Å²) in [5.74, 6) is 0. The number of carbonyl (C=O) groups excluding carboxylic acids is 1. The maximum absolute atomic E-state index is 12.2. The van der Waals surface area contributed by atoms with E-state index >= 15 is 0 Å². The molecule has 0 bridgehead atoms. The summed E-state index contributed by atoms with van der Waals surface area (Å²) in [7, 11) is 0. The lowest BCUT2D eigenvalue weighted by Gasteiger charge is -2.36. The third kappa shape index (κ3) is 3.16. The van der Waals surface area contributed by atoms with Crippen LogP contribution in [0.25, 0.3) is 0 Å². The molecule has 2 rings (SSSR count). The smallest absolute Gasteiger partial charge is 0.411 e. The third-order valence-corrected chi connectivity index (χ3v) is 3.19. The molecule has 1 aliphatic rings. The monoisotopic (exact) mass is 259 g/mol. The molecule has 0 saturated carbocycles. The van der Waals surface area contributed by atoms with Gasteiger partial charge < -0.3 is 4.74 Å². The molecule has 1 aromatic rings. The molecule has 0 aliphatic carbocycles. The molecule has 1 heterocycles. The van der Waals surface area contributed by atoms with E-state index in [4.69, 9.17) is 4.74 Å². The summed E-state index contributed by atoms with van der Waals surface area (Å²) < 4.78 is 5.46. The second kappa shape index (κ2) is 5.08. The molecule has 19 heavy (non-hydrogen) atoms. The predicted molar refractivity (Wildman–Crippen MR) is 75.9 cm³/mol. The molecule has 0 fully saturated rings. The van der Waals surface area contributed by atoms with Crippen molar-refractivity contribution in [2.45, 2.75) is 45.4 Å². The van der Waals surface area contributed by atoms with Crippen LogP contribution in [0.15, 0.2) is 36.9 Å². The molecule has 3 nitrogen and oxygen atoms in total. The van der Waals surface area contributed by atoms with Crippen molar-refractivity contribution in [3.05, 3.63) is 48.0 Å². The number of hydrogen-bond donors (Lipinski definition) is 0. The molecule has 0 N–H and O–H groups in total. The number of benzene rings is 1. The Hall–Kier alpha value is -1.77. The maximum Gasteiger partial charge on any atom is 0.411 e. The highest BCUT2D eigenvalue weighted by molar-refractivity contribution is 5.69. The molecule has 0 spiro atoms. The van der Waals surface area contributed by atoms with Crippen LogP contribution in [0.2, 0.25) is 0 Å². The van der Waals surface area contributed by atoms with Gasteiger partial charge >= 0.3 is 6.09 Å². The lowest BCUT2D eigenvalue weighted by atomic mass is 9.94. The van der Waals surface area contributed by atoms with Gasteiger partial charge in [0.05, 0.1) is 6.04 Å². The number of hydrogen-bond acceptors (Lipinski definition) is 2. The van der Waals surface area contributed by atoms with Gasteiger partial charge in [0.25, 0.3) is 0 Å². The minimum absolute atomic E-state index is 0.00440. The van der Waals surface area contributed by atoms with Gasteiger partial charge in [-0.2, -0.15) is 0 Å². The largest absolute Gasteiger partial charge is 0.444 e. The summed E-state index contributed by atoms with van der Waals surface area (Å²) in [6.45, 7) is 10.1. The summed E-state index contributed by atoms with van der Waals surface area (Å²) in [5, 5.41) is 0. The molecule has 1 aliphatic heterocycles. The van der Waals surface area contributed by atoms with E-state index < -0.39 is 5.60 Å². The van der Waals surface area contributed by atoms with Crippen molar-refractivity contribution in [1.82, 2.24) is 4.90 Å². The first-order valence-electron chi connectivity index (χ1n) is 6.59. The van der Waals surface area contributed by atoms with Gasteiger partial charge in [-0.05, 0) is 38.3 Å². The first kappa shape index (κ1) is 13.7. The normalized spacial score (nSPS) is 18.7. The van der Waals surface area contributed by atoms with Crippen molar-refractivity contribution in [3.8, 4) is 0 Å². The third-order valence-electron chi connectivity index (χ3n) is 3.19. The zero-order valence-corrected chi connectivity index (χ0v) is 11.8. The van der Waals surface area contributed by atoms with Crippen molar-refractivity contribution in [3.63, 3.8) is 0 Å². The number of fused-ring (bicyclic) bond motifs is 1. The minimum atomic E-state index is -0.472. The average Bonchev–Trinajstić information content (AvgIpc) is 2.35. The fourth-order valence-corrected chi connectivity index (χ4v) is 2.28. The Kier molecular flexibility index (Phi) is 3.65. The molecule has 102 valence electrons. The van der Waals surface area contributed by atoms with Crippen molar-refractivity contribution < 1.29 is 9.53 Å². The van der Waals surface area contributed by atoms with E-state index in [2.05, 4.69) is 18.7 Å². The average molecular weight is 259 g/mol. The van der Waals surface area contributed by atoms with E-state index in [1.807, 2.05) is 39.0 Å². The van der Waals surface area contributed by atoms with Crippen LogP contribution < -0.4 is 0 Å². The van der Waals surface area contributed by atoms with Crippen LogP contribution in [0, 0.1) is 0 Å². The number of ether oxygens (including phenoxy) is 1. The number of amides is 1. The van der Waals surface area contributed by atoms with Crippen molar-refractivity contribution in [1.29, 1.82) is 0 Å². The molecule has 0 radical (unpaired) electrons. The molecule has 3 heteroatoms. The van der Waals surface area contributed by atoms with Crippen LogP contribution in [0.4, 0.5) is 4.79 Å². The first-order valence-corrected chi connectivity index (χ1v) is 6.59. The van der Waals surface area contributed by atoms with Crippen LogP contribution in [0.1, 0.15) is 31.9 Å². The molecule has 1 atom stereocenters. The topological polar surface area (TPSA) is 29.5 Å². The van der Waals surface area contributed by atoms with Crippen LogP contribution in [-0.4, -0.2) is 22.6 Å². The molecular weight excluding hydrogens is 238 g/mol. The summed E-state index contributed by atoms with van der Waals surface area (Å²) in [6, 6.07) is 8.21. The summed E-state index contributed by atoms with van der Waals surface area (Å²) in [4.78, 5) is 14.0. The molecule has 1 unspecified atom stereocenters. The maximum atomic E-state index is 12.2. The van der Waals surface area contributed by atoms with E-state index in [0.29, 0.717) is 6.54 Å². The van der Waals surface area contributed by atoms with Crippen LogP contribution in [0.5, 0.6) is 0 Å². The summed E-state index contributed by atoms with van der Waals surface area (Å²) in [5.41, 5.74) is 2.00.